The van der Waals surface area contributed by atoms with Crippen LogP contribution in [0.3, 0.4) is 0 Å². The molecule has 516 valence electrons. The Balaban J connectivity index is 5.25. The lowest BCUT2D eigenvalue weighted by atomic mass is 10.00. The van der Waals surface area contributed by atoms with Crippen LogP contribution in [-0.2, 0) is 65.4 Å². The van der Waals surface area contributed by atoms with E-state index in [0.717, 1.165) is 114 Å². The molecule has 0 aliphatic carbocycles. The molecular weight excluding hydrogens is 1150 g/mol. The van der Waals surface area contributed by atoms with Crippen molar-refractivity contribution in [3.63, 3.8) is 0 Å². The first-order chi connectivity index (χ1) is 41.6. The highest BCUT2D eigenvalue weighted by Gasteiger charge is 2.30. The van der Waals surface area contributed by atoms with Crippen molar-refractivity contribution in [2.24, 2.45) is 23.7 Å². The third kappa shape index (κ3) is 61.3. The van der Waals surface area contributed by atoms with Gasteiger partial charge in [-0.25, -0.2) is 9.13 Å². The zero-order valence-corrected chi connectivity index (χ0v) is 58.4. The molecule has 0 amide bonds. The molecule has 0 aliphatic heterocycles. The Labute approximate surface area is 530 Å². The minimum Gasteiger partial charge on any atom is -0.462 e. The third-order valence-corrected chi connectivity index (χ3v) is 17.8. The highest BCUT2D eigenvalue weighted by molar-refractivity contribution is 7.47. The summed E-state index contributed by atoms with van der Waals surface area (Å²) in [6.07, 6.45) is 39.0. The average Bonchev–Trinajstić information content (AvgIpc) is 3.57. The summed E-state index contributed by atoms with van der Waals surface area (Å²) in [5.41, 5.74) is 0. The number of phosphoric ester groups is 2. The largest absolute Gasteiger partial charge is 0.472 e. The number of rotatable bonds is 65. The molecule has 0 aliphatic rings. The van der Waals surface area contributed by atoms with Gasteiger partial charge in [-0.15, -0.1) is 0 Å². The van der Waals surface area contributed by atoms with Gasteiger partial charge in [-0.3, -0.25) is 37.3 Å². The minimum atomic E-state index is -4.95. The number of ether oxygens (including phenoxy) is 4. The Morgan fingerprint density at radius 3 is 0.816 bits per heavy atom. The van der Waals surface area contributed by atoms with Gasteiger partial charge in [0.05, 0.1) is 26.4 Å². The van der Waals surface area contributed by atoms with Gasteiger partial charge in [0.2, 0.25) is 0 Å². The molecule has 19 heteroatoms. The molecule has 17 nitrogen and oxygen atoms in total. The molecule has 87 heavy (non-hydrogen) atoms. The van der Waals surface area contributed by atoms with Crippen LogP contribution >= 0.6 is 15.6 Å². The average molecular weight is 1280 g/mol. The van der Waals surface area contributed by atoms with Crippen LogP contribution in [0.2, 0.25) is 0 Å². The van der Waals surface area contributed by atoms with E-state index in [1.165, 1.54) is 128 Å². The Hall–Kier alpha value is -1.94. The summed E-state index contributed by atoms with van der Waals surface area (Å²) in [6, 6.07) is 0. The molecule has 0 radical (unpaired) electrons. The molecule has 6 atom stereocenters. The zero-order valence-electron chi connectivity index (χ0n) is 56.6. The molecule has 3 N–H and O–H groups in total. The van der Waals surface area contributed by atoms with E-state index in [4.69, 9.17) is 37.0 Å². The summed E-state index contributed by atoms with van der Waals surface area (Å²) < 4.78 is 68.2. The van der Waals surface area contributed by atoms with E-state index >= 15 is 0 Å². The van der Waals surface area contributed by atoms with Crippen LogP contribution in [-0.4, -0.2) is 96.7 Å². The molecular formula is C68H132O17P2. The topological polar surface area (TPSA) is 237 Å². The molecule has 0 rings (SSSR count). The van der Waals surface area contributed by atoms with E-state index in [0.29, 0.717) is 31.6 Å². The first-order valence-electron chi connectivity index (χ1n) is 35.2. The van der Waals surface area contributed by atoms with Gasteiger partial charge in [-0.2, -0.15) is 0 Å². The SMILES string of the molecule is CCC(C)CCCCCCCCC(=O)OC[C@H](COP(=O)(O)OC[C@H](O)COP(=O)(O)OC[C@@H](COC(=O)CCCCCCCCCCCCC(C)C)OC(=O)CCCCCCCCCC(C)C)OC(=O)CCCCCCCCCCCCCC(C)C. The van der Waals surface area contributed by atoms with Crippen LogP contribution < -0.4 is 0 Å². The molecule has 0 saturated heterocycles. The second kappa shape index (κ2) is 57.9. The molecule has 0 aromatic carbocycles. The lowest BCUT2D eigenvalue weighted by Crippen LogP contribution is -2.30. The van der Waals surface area contributed by atoms with Gasteiger partial charge in [0.1, 0.15) is 19.3 Å². The van der Waals surface area contributed by atoms with Gasteiger partial charge < -0.3 is 33.8 Å². The van der Waals surface area contributed by atoms with Gasteiger partial charge in [-0.05, 0) is 49.4 Å². The van der Waals surface area contributed by atoms with Crippen molar-refractivity contribution in [3.05, 3.63) is 0 Å². The minimum absolute atomic E-state index is 0.103. The maximum Gasteiger partial charge on any atom is 0.472 e. The Morgan fingerprint density at radius 2 is 0.552 bits per heavy atom. The van der Waals surface area contributed by atoms with E-state index in [-0.39, 0.29) is 25.7 Å². The standard InChI is InChI=1S/C68H132O17P2/c1-9-61(8)47-39-31-26-27-33-41-49-66(71)79-55-64(84-67(72)50-42-34-24-18-12-10-11-15-20-28-36-44-58(2)3)57-83-87(76,77)81-53-62(69)52-80-86(74,75)82-56-63(85-68(73)51-43-35-25-19-22-30-38-46-60(6)7)54-78-65(70)48-40-32-23-17-14-13-16-21-29-37-45-59(4)5/h58-64,69H,9-57H2,1-8H3,(H,74,75)(H,76,77)/t61?,62-,63-,64-/m1/s1. The van der Waals surface area contributed by atoms with Gasteiger partial charge in [0, 0.05) is 25.7 Å². The fourth-order valence-electron chi connectivity index (χ4n) is 10.1. The van der Waals surface area contributed by atoms with Gasteiger partial charge in [0.15, 0.2) is 12.2 Å². The molecule has 0 aromatic rings. The van der Waals surface area contributed by atoms with Crippen molar-refractivity contribution >= 4 is 39.5 Å². The second-order valence-corrected chi connectivity index (χ2v) is 29.1. The van der Waals surface area contributed by atoms with Gasteiger partial charge >= 0.3 is 39.5 Å². The van der Waals surface area contributed by atoms with E-state index in [1.807, 2.05) is 0 Å². The van der Waals surface area contributed by atoms with E-state index < -0.39 is 97.5 Å². The maximum atomic E-state index is 13.0. The van der Waals surface area contributed by atoms with Crippen LogP contribution in [0.1, 0.15) is 331 Å². The molecule has 0 spiro atoms. The number of unbranched alkanes of at least 4 members (excludes halogenated alkanes) is 30. The predicted octanol–water partition coefficient (Wildman–Crippen LogP) is 18.9. The second-order valence-electron chi connectivity index (χ2n) is 26.2. The number of phosphoric acid groups is 2. The lowest BCUT2D eigenvalue weighted by molar-refractivity contribution is -0.161. The molecule has 0 bridgehead atoms. The lowest BCUT2D eigenvalue weighted by Gasteiger charge is -2.21. The summed E-state index contributed by atoms with van der Waals surface area (Å²) in [5, 5.41) is 10.6. The van der Waals surface area contributed by atoms with E-state index in [9.17, 15) is 43.2 Å². The summed E-state index contributed by atoms with van der Waals surface area (Å²) >= 11 is 0. The molecule has 0 fully saturated rings. The number of carbonyl (C=O) groups is 4. The number of hydrogen-bond donors (Lipinski definition) is 3. The van der Waals surface area contributed by atoms with Crippen molar-refractivity contribution in [2.45, 2.75) is 350 Å². The first kappa shape index (κ1) is 85.1. The zero-order chi connectivity index (χ0) is 64.7. The van der Waals surface area contributed by atoms with Crippen LogP contribution in [0.4, 0.5) is 0 Å². The number of esters is 4. The summed E-state index contributed by atoms with van der Waals surface area (Å²) in [6.45, 7) is 14.0. The summed E-state index contributed by atoms with van der Waals surface area (Å²) in [4.78, 5) is 72.4. The molecule has 0 saturated carbocycles. The highest BCUT2D eigenvalue weighted by Crippen LogP contribution is 2.45. The monoisotopic (exact) mass is 1280 g/mol. The smallest absolute Gasteiger partial charge is 0.462 e. The Morgan fingerprint density at radius 1 is 0.322 bits per heavy atom. The predicted molar refractivity (Wildman–Crippen MR) is 349 cm³/mol. The van der Waals surface area contributed by atoms with Crippen molar-refractivity contribution in [1.82, 2.24) is 0 Å². The first-order valence-corrected chi connectivity index (χ1v) is 38.2. The molecule has 3 unspecified atom stereocenters. The van der Waals surface area contributed by atoms with Crippen molar-refractivity contribution in [2.75, 3.05) is 39.6 Å². The number of aliphatic hydroxyl groups is 1. The van der Waals surface area contributed by atoms with Gasteiger partial charge in [0.25, 0.3) is 0 Å². The third-order valence-electron chi connectivity index (χ3n) is 15.9. The van der Waals surface area contributed by atoms with Crippen LogP contribution in [0.25, 0.3) is 0 Å². The van der Waals surface area contributed by atoms with Crippen molar-refractivity contribution in [1.29, 1.82) is 0 Å². The van der Waals surface area contributed by atoms with Gasteiger partial charge in [-0.1, -0.05) is 280 Å². The number of aliphatic hydroxyl groups excluding tert-OH is 1. The maximum absolute atomic E-state index is 13.0. The Kier molecular flexibility index (Phi) is 56.6. The molecule has 0 heterocycles. The molecule has 0 aromatic heterocycles. The van der Waals surface area contributed by atoms with Crippen molar-refractivity contribution < 1.29 is 80.2 Å². The number of hydrogen-bond acceptors (Lipinski definition) is 15. The number of carbonyl (C=O) groups excluding carboxylic acids is 4. The summed E-state index contributed by atoms with van der Waals surface area (Å²) in [5.74, 6) is 0.816. The van der Waals surface area contributed by atoms with Crippen LogP contribution in [0.5, 0.6) is 0 Å². The van der Waals surface area contributed by atoms with E-state index in [2.05, 4.69) is 55.4 Å². The Bertz CT molecular complexity index is 1730. The van der Waals surface area contributed by atoms with Crippen molar-refractivity contribution in [3.8, 4) is 0 Å². The van der Waals surface area contributed by atoms with Crippen LogP contribution in [0, 0.1) is 23.7 Å². The summed E-state index contributed by atoms with van der Waals surface area (Å²) in [7, 11) is -9.90. The highest BCUT2D eigenvalue weighted by atomic mass is 31.2. The fourth-order valence-corrected chi connectivity index (χ4v) is 11.7. The van der Waals surface area contributed by atoms with Crippen LogP contribution in [0.15, 0.2) is 0 Å². The van der Waals surface area contributed by atoms with E-state index in [1.54, 1.807) is 0 Å². The fraction of sp³-hybridized carbons (Fsp3) is 0.941. The normalized spacial score (nSPS) is 14.6. The quantitative estimate of drug-likeness (QED) is 0.0222.